The maximum atomic E-state index is 13.6. The average molecular weight is 428 g/mol. The van der Waals surface area contributed by atoms with E-state index in [4.69, 9.17) is 14.5 Å². The Hall–Kier alpha value is -3.87. The van der Waals surface area contributed by atoms with E-state index in [0.717, 1.165) is 27.9 Å². The molecule has 2 aromatic carbocycles. The minimum absolute atomic E-state index is 0.187. The number of benzene rings is 2. The van der Waals surface area contributed by atoms with Gasteiger partial charge in [0.15, 0.2) is 17.1 Å². The molecule has 5 rings (SSSR count). The van der Waals surface area contributed by atoms with Crippen molar-refractivity contribution in [2.45, 2.75) is 26.3 Å². The number of nitrogens with one attached hydrogen (secondary N) is 1. The summed E-state index contributed by atoms with van der Waals surface area (Å²) in [7, 11) is 1.84. The highest BCUT2D eigenvalue weighted by Gasteiger charge is 2.28. The van der Waals surface area contributed by atoms with Crippen LogP contribution >= 0.6 is 0 Å². The second-order valence-electron chi connectivity index (χ2n) is 8.48. The van der Waals surface area contributed by atoms with E-state index >= 15 is 0 Å². The molecular formula is C25H24N4O3. The maximum Gasteiger partial charge on any atom is 0.252 e. The third kappa shape index (κ3) is 3.36. The lowest BCUT2D eigenvalue weighted by Gasteiger charge is -2.27. The van der Waals surface area contributed by atoms with E-state index in [9.17, 15) is 4.79 Å². The van der Waals surface area contributed by atoms with Crippen LogP contribution in [0.5, 0.6) is 11.5 Å². The van der Waals surface area contributed by atoms with Crippen LogP contribution in [-0.4, -0.2) is 27.5 Å². The lowest BCUT2D eigenvalue weighted by atomic mass is 9.93. The summed E-state index contributed by atoms with van der Waals surface area (Å²) in [4.78, 5) is 18.4. The molecule has 0 aliphatic carbocycles. The number of ether oxygens (including phenoxy) is 2. The van der Waals surface area contributed by atoms with Crippen LogP contribution in [0.1, 0.15) is 35.5 Å². The summed E-state index contributed by atoms with van der Waals surface area (Å²) in [5.74, 6) is 1.21. The fourth-order valence-corrected chi connectivity index (χ4v) is 4.09. The number of carbonyl (C=O) groups is 1. The molecule has 1 N–H and O–H groups in total. The van der Waals surface area contributed by atoms with Crippen LogP contribution in [0.3, 0.4) is 0 Å². The highest BCUT2D eigenvalue weighted by molar-refractivity contribution is 6.07. The highest BCUT2D eigenvalue weighted by Crippen LogP contribution is 2.36. The Morgan fingerprint density at radius 2 is 1.81 bits per heavy atom. The van der Waals surface area contributed by atoms with Crippen LogP contribution in [0.2, 0.25) is 0 Å². The van der Waals surface area contributed by atoms with Gasteiger partial charge in [-0.25, -0.2) is 4.98 Å². The van der Waals surface area contributed by atoms with Gasteiger partial charge in [0.05, 0.1) is 27.9 Å². The smallest absolute Gasteiger partial charge is 0.252 e. The molecule has 0 saturated carbocycles. The molecule has 7 heteroatoms. The third-order valence-electron chi connectivity index (χ3n) is 5.80. The number of hydrogen-bond acceptors (Lipinski definition) is 5. The molecule has 0 saturated heterocycles. The molecule has 0 bridgehead atoms. The summed E-state index contributed by atoms with van der Waals surface area (Å²) in [6, 6.07) is 17.4. The first kappa shape index (κ1) is 20.1. The zero-order valence-electron chi connectivity index (χ0n) is 18.5. The van der Waals surface area contributed by atoms with E-state index in [1.165, 1.54) is 0 Å². The van der Waals surface area contributed by atoms with Crippen LogP contribution in [0.25, 0.3) is 22.3 Å². The van der Waals surface area contributed by atoms with Gasteiger partial charge in [0, 0.05) is 12.6 Å². The maximum absolute atomic E-state index is 13.6. The van der Waals surface area contributed by atoms with Gasteiger partial charge in [-0.2, -0.15) is 5.10 Å². The van der Waals surface area contributed by atoms with Crippen LogP contribution in [0.4, 0.5) is 0 Å². The Bertz CT molecular complexity index is 1340. The summed E-state index contributed by atoms with van der Waals surface area (Å²) in [6.07, 6.45) is 0. The van der Waals surface area contributed by atoms with Gasteiger partial charge in [-0.1, -0.05) is 36.4 Å². The number of pyridine rings is 1. The quantitative estimate of drug-likeness (QED) is 0.523. The van der Waals surface area contributed by atoms with Gasteiger partial charge < -0.3 is 14.8 Å². The first-order valence-corrected chi connectivity index (χ1v) is 10.5. The minimum atomic E-state index is -0.642. The van der Waals surface area contributed by atoms with Crippen molar-refractivity contribution in [3.8, 4) is 22.8 Å². The topological polar surface area (TPSA) is 78.3 Å². The number of hydrogen-bond donors (Lipinski definition) is 1. The Morgan fingerprint density at radius 3 is 2.59 bits per heavy atom. The van der Waals surface area contributed by atoms with E-state index in [2.05, 4.69) is 10.4 Å². The molecule has 4 aromatic rings. The van der Waals surface area contributed by atoms with E-state index < -0.39 is 5.54 Å². The number of carbonyl (C=O) groups excluding carboxylic acids is 1. The normalized spacial score (nSPS) is 12.9. The Kier molecular flexibility index (Phi) is 4.62. The predicted octanol–water partition coefficient (Wildman–Crippen LogP) is 4.34. The van der Waals surface area contributed by atoms with Gasteiger partial charge in [0.25, 0.3) is 5.91 Å². The van der Waals surface area contributed by atoms with Gasteiger partial charge in [-0.05, 0) is 44.5 Å². The van der Waals surface area contributed by atoms with E-state index in [-0.39, 0.29) is 12.7 Å². The molecular weight excluding hydrogens is 404 g/mol. The van der Waals surface area contributed by atoms with Crippen LogP contribution < -0.4 is 14.8 Å². The van der Waals surface area contributed by atoms with E-state index in [1.54, 1.807) is 4.68 Å². The van der Waals surface area contributed by atoms with Gasteiger partial charge in [-0.3, -0.25) is 9.48 Å². The SMILES string of the molecule is Cc1nn(C)c2nc(-c3ccccc3)cc(C(=O)NC(C)(C)c3ccc4c(c3)OCO4)c12. The van der Waals surface area contributed by atoms with Crippen LogP contribution in [0.15, 0.2) is 54.6 Å². The second kappa shape index (κ2) is 7.37. The molecule has 0 fully saturated rings. The molecule has 1 amide bonds. The number of fused-ring (bicyclic) bond motifs is 2. The summed E-state index contributed by atoms with van der Waals surface area (Å²) in [6.45, 7) is 6.04. The lowest BCUT2D eigenvalue weighted by molar-refractivity contribution is 0.0913. The molecule has 0 radical (unpaired) electrons. The van der Waals surface area contributed by atoms with Crippen molar-refractivity contribution < 1.29 is 14.3 Å². The summed E-state index contributed by atoms with van der Waals surface area (Å²) >= 11 is 0. The van der Waals surface area contributed by atoms with Crippen molar-refractivity contribution in [1.82, 2.24) is 20.1 Å². The first-order valence-electron chi connectivity index (χ1n) is 10.5. The van der Waals surface area contributed by atoms with Crippen molar-refractivity contribution in [3.63, 3.8) is 0 Å². The Balaban J connectivity index is 1.57. The number of aromatic nitrogens is 3. The minimum Gasteiger partial charge on any atom is -0.454 e. The largest absolute Gasteiger partial charge is 0.454 e. The highest BCUT2D eigenvalue weighted by atomic mass is 16.7. The fourth-order valence-electron chi connectivity index (χ4n) is 4.09. The molecule has 0 spiro atoms. The zero-order chi connectivity index (χ0) is 22.5. The van der Waals surface area contributed by atoms with E-state index in [1.807, 2.05) is 82.4 Å². The molecule has 0 atom stereocenters. The van der Waals surface area contributed by atoms with E-state index in [0.29, 0.717) is 22.7 Å². The summed E-state index contributed by atoms with van der Waals surface area (Å²) in [5.41, 5.74) is 3.94. The lowest BCUT2D eigenvalue weighted by Crippen LogP contribution is -2.41. The fraction of sp³-hybridized carbons (Fsp3) is 0.240. The molecule has 32 heavy (non-hydrogen) atoms. The van der Waals surface area contributed by atoms with Crippen LogP contribution in [0, 0.1) is 6.92 Å². The van der Waals surface area contributed by atoms with Crippen molar-refractivity contribution in [2.75, 3.05) is 6.79 Å². The van der Waals surface area contributed by atoms with Gasteiger partial charge in [-0.15, -0.1) is 0 Å². The van der Waals surface area contributed by atoms with Gasteiger partial charge in [0.2, 0.25) is 6.79 Å². The monoisotopic (exact) mass is 428 g/mol. The number of rotatable bonds is 4. The second-order valence-corrected chi connectivity index (χ2v) is 8.48. The summed E-state index contributed by atoms with van der Waals surface area (Å²) < 4.78 is 12.6. The third-order valence-corrected chi connectivity index (χ3v) is 5.80. The molecule has 0 unspecified atom stereocenters. The molecule has 162 valence electrons. The summed E-state index contributed by atoms with van der Waals surface area (Å²) in [5, 5.41) is 8.45. The molecule has 7 nitrogen and oxygen atoms in total. The zero-order valence-corrected chi connectivity index (χ0v) is 18.5. The van der Waals surface area contributed by atoms with Crippen molar-refractivity contribution in [1.29, 1.82) is 0 Å². The predicted molar refractivity (Wildman–Crippen MR) is 122 cm³/mol. The number of amides is 1. The average Bonchev–Trinajstić information content (AvgIpc) is 3.37. The first-order chi connectivity index (χ1) is 15.3. The number of nitrogens with zero attached hydrogens (tertiary/aromatic N) is 3. The number of aryl methyl sites for hydroxylation is 2. The van der Waals surface area contributed by atoms with Gasteiger partial charge >= 0.3 is 0 Å². The standard InChI is InChI=1S/C25H24N4O3/c1-15-22-18(13-19(16-8-6-5-7-9-16)26-23(22)29(4)28-15)24(30)27-25(2,3)17-10-11-20-21(12-17)32-14-31-20/h5-13H,14H2,1-4H3,(H,27,30). The van der Waals surface area contributed by atoms with Gasteiger partial charge in [0.1, 0.15) is 0 Å². The van der Waals surface area contributed by atoms with Crippen molar-refractivity contribution in [3.05, 3.63) is 71.4 Å². The molecule has 3 heterocycles. The van der Waals surface area contributed by atoms with Crippen molar-refractivity contribution >= 4 is 16.9 Å². The molecule has 2 aromatic heterocycles. The molecule has 1 aliphatic rings. The molecule has 1 aliphatic heterocycles. The van der Waals surface area contributed by atoms with Crippen molar-refractivity contribution in [2.24, 2.45) is 7.05 Å². The Morgan fingerprint density at radius 1 is 1.06 bits per heavy atom. The van der Waals surface area contributed by atoms with Crippen LogP contribution in [-0.2, 0) is 12.6 Å². The Labute approximate surface area is 186 Å².